The van der Waals surface area contributed by atoms with E-state index in [0.717, 1.165) is 27.9 Å². The van der Waals surface area contributed by atoms with E-state index in [9.17, 15) is 4.79 Å². The van der Waals surface area contributed by atoms with E-state index in [1.807, 2.05) is 64.1 Å². The van der Waals surface area contributed by atoms with Crippen molar-refractivity contribution < 1.29 is 4.79 Å². The van der Waals surface area contributed by atoms with Crippen LogP contribution in [0.25, 0.3) is 5.69 Å². The number of ketones is 1. The maximum Gasteiger partial charge on any atom is 0.214 e. The molecular formula is C19H20N4OS. The molecule has 5 nitrogen and oxygen atoms in total. The lowest BCUT2D eigenvalue weighted by Crippen LogP contribution is -2.09. The minimum Gasteiger partial charge on any atom is -0.293 e. The van der Waals surface area contributed by atoms with E-state index < -0.39 is 0 Å². The number of tetrazole rings is 1. The van der Waals surface area contributed by atoms with Gasteiger partial charge in [0.05, 0.1) is 11.4 Å². The summed E-state index contributed by atoms with van der Waals surface area (Å²) in [6.07, 6.45) is 0. The first kappa shape index (κ1) is 17.4. The second-order valence-electron chi connectivity index (χ2n) is 6.20. The summed E-state index contributed by atoms with van der Waals surface area (Å²) in [5, 5.41) is 12.5. The van der Waals surface area contributed by atoms with Crippen molar-refractivity contribution >= 4 is 17.5 Å². The second-order valence-corrected chi connectivity index (χ2v) is 7.14. The predicted octanol–water partition coefficient (Wildman–Crippen LogP) is 3.87. The van der Waals surface area contributed by atoms with Gasteiger partial charge in [0, 0.05) is 5.56 Å². The van der Waals surface area contributed by atoms with Crippen LogP contribution in [0.2, 0.25) is 0 Å². The Hall–Kier alpha value is -2.47. The molecule has 0 aliphatic rings. The van der Waals surface area contributed by atoms with E-state index in [1.54, 1.807) is 4.68 Å². The molecule has 1 aromatic heterocycles. The zero-order chi connectivity index (χ0) is 18.0. The quantitative estimate of drug-likeness (QED) is 0.515. The molecule has 1 heterocycles. The molecule has 0 aliphatic carbocycles. The first-order valence-corrected chi connectivity index (χ1v) is 9.03. The van der Waals surface area contributed by atoms with Crippen molar-refractivity contribution in [3.63, 3.8) is 0 Å². The lowest BCUT2D eigenvalue weighted by Gasteiger charge is -2.10. The number of thioether (sulfide) groups is 1. The van der Waals surface area contributed by atoms with Crippen molar-refractivity contribution in [3.8, 4) is 5.69 Å². The van der Waals surface area contributed by atoms with Gasteiger partial charge < -0.3 is 0 Å². The summed E-state index contributed by atoms with van der Waals surface area (Å²) < 4.78 is 1.67. The van der Waals surface area contributed by atoms with E-state index in [0.29, 0.717) is 10.9 Å². The maximum absolute atomic E-state index is 12.7. The third kappa shape index (κ3) is 3.79. The Morgan fingerprint density at radius 3 is 2.44 bits per heavy atom. The fourth-order valence-electron chi connectivity index (χ4n) is 3.01. The monoisotopic (exact) mass is 352 g/mol. The number of nitrogens with zero attached hydrogens (tertiary/aromatic N) is 4. The summed E-state index contributed by atoms with van der Waals surface area (Å²) in [7, 11) is 0. The van der Waals surface area contributed by atoms with Gasteiger partial charge in [0.15, 0.2) is 5.78 Å². The van der Waals surface area contributed by atoms with Gasteiger partial charge >= 0.3 is 0 Å². The first-order chi connectivity index (χ1) is 12.0. The largest absolute Gasteiger partial charge is 0.293 e. The fourth-order valence-corrected chi connectivity index (χ4v) is 3.78. The molecule has 0 saturated carbocycles. The highest BCUT2D eigenvalue weighted by atomic mass is 32.2. The van der Waals surface area contributed by atoms with Crippen molar-refractivity contribution in [1.29, 1.82) is 0 Å². The van der Waals surface area contributed by atoms with Gasteiger partial charge in [-0.2, -0.15) is 4.68 Å². The molecule has 0 spiro atoms. The molecule has 0 unspecified atom stereocenters. The number of carbonyl (C=O) groups excluding carboxylic acids is 1. The highest BCUT2D eigenvalue weighted by Crippen LogP contribution is 2.23. The minimum atomic E-state index is 0.0961. The van der Waals surface area contributed by atoms with E-state index in [-0.39, 0.29) is 5.78 Å². The van der Waals surface area contributed by atoms with Crippen LogP contribution >= 0.6 is 11.8 Å². The van der Waals surface area contributed by atoms with Gasteiger partial charge in [-0.05, 0) is 66.9 Å². The molecule has 0 atom stereocenters. The smallest absolute Gasteiger partial charge is 0.214 e. The Bertz CT molecular complexity index is 910. The molecule has 2 aromatic carbocycles. The van der Waals surface area contributed by atoms with E-state index in [4.69, 9.17) is 0 Å². The number of aromatic nitrogens is 4. The van der Waals surface area contributed by atoms with Gasteiger partial charge in [-0.1, -0.05) is 41.6 Å². The molecule has 0 fully saturated rings. The van der Waals surface area contributed by atoms with Crippen molar-refractivity contribution in [2.24, 2.45) is 0 Å². The SMILES string of the molecule is Cc1cccc(-n2nnnc2SCC(=O)c2c(C)cc(C)cc2C)c1. The van der Waals surface area contributed by atoms with E-state index >= 15 is 0 Å². The third-order valence-electron chi connectivity index (χ3n) is 3.98. The van der Waals surface area contributed by atoms with E-state index in [2.05, 4.69) is 15.5 Å². The Morgan fingerprint density at radius 2 is 1.76 bits per heavy atom. The molecule has 0 radical (unpaired) electrons. The normalized spacial score (nSPS) is 10.9. The van der Waals surface area contributed by atoms with Crippen molar-refractivity contribution in [1.82, 2.24) is 20.2 Å². The molecule has 0 amide bonds. The van der Waals surface area contributed by atoms with Crippen molar-refractivity contribution in [2.75, 3.05) is 5.75 Å². The number of hydrogen-bond acceptors (Lipinski definition) is 5. The highest BCUT2D eigenvalue weighted by molar-refractivity contribution is 7.99. The summed E-state index contributed by atoms with van der Waals surface area (Å²) in [6, 6.07) is 12.0. The van der Waals surface area contributed by atoms with Gasteiger partial charge in [0.25, 0.3) is 0 Å². The Labute approximate surface area is 151 Å². The van der Waals surface area contributed by atoms with Crippen LogP contribution in [-0.2, 0) is 0 Å². The number of carbonyl (C=O) groups is 1. The van der Waals surface area contributed by atoms with Crippen molar-refractivity contribution in [3.05, 3.63) is 64.2 Å². The molecule has 3 aromatic rings. The van der Waals surface area contributed by atoms with Crippen LogP contribution in [0.3, 0.4) is 0 Å². The summed E-state index contributed by atoms with van der Waals surface area (Å²) in [6.45, 7) is 8.02. The average Bonchev–Trinajstić information content (AvgIpc) is 3.00. The van der Waals surface area contributed by atoms with Crippen LogP contribution in [0, 0.1) is 27.7 Å². The third-order valence-corrected chi connectivity index (χ3v) is 4.89. The number of hydrogen-bond donors (Lipinski definition) is 0. The molecule has 0 bridgehead atoms. The molecule has 0 saturated heterocycles. The van der Waals surface area contributed by atoms with Crippen LogP contribution in [-0.4, -0.2) is 31.7 Å². The fraction of sp³-hybridized carbons (Fsp3) is 0.263. The van der Waals surface area contributed by atoms with Crippen LogP contribution in [0.15, 0.2) is 41.6 Å². The lowest BCUT2D eigenvalue weighted by molar-refractivity contribution is 0.102. The zero-order valence-electron chi connectivity index (χ0n) is 14.8. The number of rotatable bonds is 5. The van der Waals surface area contributed by atoms with Crippen LogP contribution in [0.4, 0.5) is 0 Å². The Morgan fingerprint density at radius 1 is 1.04 bits per heavy atom. The Balaban J connectivity index is 1.79. The molecule has 6 heteroatoms. The maximum atomic E-state index is 12.7. The molecule has 0 aliphatic heterocycles. The summed E-state index contributed by atoms with van der Waals surface area (Å²) in [5.74, 6) is 0.399. The summed E-state index contributed by atoms with van der Waals surface area (Å²) >= 11 is 1.36. The minimum absolute atomic E-state index is 0.0961. The second kappa shape index (κ2) is 7.19. The van der Waals surface area contributed by atoms with Crippen LogP contribution in [0.5, 0.6) is 0 Å². The Kier molecular flexibility index (Phi) is 4.99. The van der Waals surface area contributed by atoms with Gasteiger partial charge in [0.1, 0.15) is 0 Å². The predicted molar refractivity (Wildman–Crippen MR) is 99.6 cm³/mol. The van der Waals surface area contributed by atoms with Crippen LogP contribution < -0.4 is 0 Å². The standard InChI is InChI=1S/C19H20N4OS/c1-12-6-5-7-16(10-12)23-19(20-21-22-23)25-11-17(24)18-14(3)8-13(2)9-15(18)4/h5-10H,11H2,1-4H3. The molecule has 3 rings (SSSR count). The lowest BCUT2D eigenvalue weighted by atomic mass is 9.97. The molecular weight excluding hydrogens is 332 g/mol. The average molecular weight is 352 g/mol. The molecule has 25 heavy (non-hydrogen) atoms. The number of benzene rings is 2. The number of aryl methyl sites for hydroxylation is 4. The van der Waals surface area contributed by atoms with Gasteiger partial charge in [0.2, 0.25) is 5.16 Å². The van der Waals surface area contributed by atoms with E-state index in [1.165, 1.54) is 17.3 Å². The van der Waals surface area contributed by atoms with Gasteiger partial charge in [-0.15, -0.1) is 5.10 Å². The molecule has 0 N–H and O–H groups in total. The molecule has 128 valence electrons. The number of Topliss-reactive ketones (excluding diaryl/α,β-unsaturated/α-hetero) is 1. The van der Waals surface area contributed by atoms with Crippen LogP contribution in [0.1, 0.15) is 32.6 Å². The topological polar surface area (TPSA) is 60.7 Å². The zero-order valence-corrected chi connectivity index (χ0v) is 15.6. The summed E-state index contributed by atoms with van der Waals surface area (Å²) in [5.41, 5.74) is 6.02. The van der Waals surface area contributed by atoms with Crippen molar-refractivity contribution in [2.45, 2.75) is 32.9 Å². The summed E-state index contributed by atoms with van der Waals surface area (Å²) in [4.78, 5) is 12.7. The van der Waals surface area contributed by atoms with Gasteiger partial charge in [-0.25, -0.2) is 0 Å². The van der Waals surface area contributed by atoms with Gasteiger partial charge in [-0.3, -0.25) is 4.79 Å². The first-order valence-electron chi connectivity index (χ1n) is 8.05. The highest BCUT2D eigenvalue weighted by Gasteiger charge is 2.16.